The number of anilines is 2. The van der Waals surface area contributed by atoms with Crippen molar-refractivity contribution in [3.8, 4) is 0 Å². The summed E-state index contributed by atoms with van der Waals surface area (Å²) < 4.78 is 30.4. The van der Waals surface area contributed by atoms with Gasteiger partial charge in [-0.15, -0.1) is 0 Å². The molecule has 0 atom stereocenters. The summed E-state index contributed by atoms with van der Waals surface area (Å²) in [4.78, 5) is 24.0. The maximum atomic E-state index is 12.3. The third-order valence-electron chi connectivity index (χ3n) is 4.60. The van der Waals surface area contributed by atoms with Crippen LogP contribution < -0.4 is 9.62 Å². The maximum Gasteiger partial charge on any atom is 0.339 e. The topological polar surface area (TPSA) is 92.8 Å². The van der Waals surface area contributed by atoms with Crippen molar-refractivity contribution in [2.24, 2.45) is 0 Å². The zero-order valence-electron chi connectivity index (χ0n) is 17.4. The van der Waals surface area contributed by atoms with Crippen LogP contribution in [0.15, 0.2) is 36.4 Å². The molecule has 0 fully saturated rings. The summed E-state index contributed by atoms with van der Waals surface area (Å²) in [5.74, 6) is -0.907. The predicted octanol–water partition coefficient (Wildman–Crippen LogP) is 3.93. The molecule has 0 aromatic heterocycles. The number of ether oxygens (including phenoxy) is 1. The Morgan fingerprint density at radius 3 is 2.40 bits per heavy atom. The van der Waals surface area contributed by atoms with Crippen LogP contribution in [0.25, 0.3) is 0 Å². The predicted molar refractivity (Wildman–Crippen MR) is 119 cm³/mol. The number of aryl methyl sites for hydroxylation is 2. The zero-order valence-corrected chi connectivity index (χ0v) is 18.9. The van der Waals surface area contributed by atoms with E-state index in [9.17, 15) is 18.0 Å². The molecule has 2 aromatic carbocycles. The summed E-state index contributed by atoms with van der Waals surface area (Å²) >= 11 is 5.97. The van der Waals surface area contributed by atoms with Crippen LogP contribution in [0.2, 0.25) is 5.02 Å². The highest BCUT2D eigenvalue weighted by Gasteiger charge is 2.18. The number of benzene rings is 2. The number of methoxy groups -OCH3 is 1. The van der Waals surface area contributed by atoms with Crippen LogP contribution in [0.5, 0.6) is 0 Å². The number of carbonyl (C=O) groups is 2. The molecular weight excluding hydrogens is 428 g/mol. The standard InChI is InChI=1S/C21H25ClN2O5S/c1-14-7-9-17(12-15(14)2)24(30(4,27)28)11-5-6-20(25)23-16-8-10-19(22)18(13-16)21(26)29-3/h7-10,12-13H,5-6,11H2,1-4H3,(H,23,25). The lowest BCUT2D eigenvalue weighted by molar-refractivity contribution is -0.116. The average Bonchev–Trinajstić information content (AvgIpc) is 2.67. The van der Waals surface area contributed by atoms with E-state index in [1.165, 1.54) is 23.5 Å². The smallest absolute Gasteiger partial charge is 0.339 e. The van der Waals surface area contributed by atoms with E-state index in [-0.39, 0.29) is 29.5 Å². The number of esters is 1. The summed E-state index contributed by atoms with van der Waals surface area (Å²) in [6.45, 7) is 4.04. The second kappa shape index (κ2) is 9.95. The Kier molecular flexibility index (Phi) is 7.86. The fraction of sp³-hybridized carbons (Fsp3) is 0.333. The molecule has 0 aliphatic heterocycles. The summed E-state index contributed by atoms with van der Waals surface area (Å²) in [7, 11) is -2.25. The molecule has 0 radical (unpaired) electrons. The third kappa shape index (κ3) is 6.21. The Labute approximate surface area is 182 Å². The van der Waals surface area contributed by atoms with Crippen molar-refractivity contribution >= 4 is 44.9 Å². The largest absolute Gasteiger partial charge is 0.465 e. The van der Waals surface area contributed by atoms with Gasteiger partial charge in [0.1, 0.15) is 0 Å². The number of hydrogen-bond donors (Lipinski definition) is 1. The first kappa shape index (κ1) is 23.7. The number of hydrogen-bond acceptors (Lipinski definition) is 5. The molecule has 1 N–H and O–H groups in total. The molecule has 0 unspecified atom stereocenters. The number of nitrogens with one attached hydrogen (secondary N) is 1. The molecule has 9 heteroatoms. The quantitative estimate of drug-likeness (QED) is 0.612. The third-order valence-corrected chi connectivity index (χ3v) is 6.12. The Bertz CT molecular complexity index is 1050. The van der Waals surface area contributed by atoms with Crippen molar-refractivity contribution in [1.29, 1.82) is 0 Å². The minimum atomic E-state index is -3.49. The van der Waals surface area contributed by atoms with Gasteiger partial charge >= 0.3 is 5.97 Å². The van der Waals surface area contributed by atoms with Gasteiger partial charge in [0.25, 0.3) is 0 Å². The van der Waals surface area contributed by atoms with Gasteiger partial charge in [-0.25, -0.2) is 13.2 Å². The number of halogens is 1. The van der Waals surface area contributed by atoms with Gasteiger partial charge in [0.05, 0.1) is 29.6 Å². The highest BCUT2D eigenvalue weighted by atomic mass is 35.5. The second-order valence-electron chi connectivity index (χ2n) is 6.94. The normalized spacial score (nSPS) is 11.1. The van der Waals surface area contributed by atoms with Crippen LogP contribution in [0, 0.1) is 13.8 Å². The molecule has 0 spiro atoms. The van der Waals surface area contributed by atoms with E-state index >= 15 is 0 Å². The van der Waals surface area contributed by atoms with Crippen molar-refractivity contribution in [3.05, 3.63) is 58.1 Å². The molecule has 30 heavy (non-hydrogen) atoms. The number of sulfonamides is 1. The van der Waals surface area contributed by atoms with Crippen molar-refractivity contribution < 1.29 is 22.7 Å². The van der Waals surface area contributed by atoms with Gasteiger partial charge in [0.2, 0.25) is 15.9 Å². The number of amides is 1. The van der Waals surface area contributed by atoms with Crippen LogP contribution in [0.4, 0.5) is 11.4 Å². The van der Waals surface area contributed by atoms with E-state index in [4.69, 9.17) is 11.6 Å². The first-order chi connectivity index (χ1) is 14.0. The zero-order chi connectivity index (χ0) is 22.5. The van der Waals surface area contributed by atoms with E-state index in [1.54, 1.807) is 12.1 Å². The second-order valence-corrected chi connectivity index (χ2v) is 9.26. The molecule has 0 saturated heterocycles. The summed E-state index contributed by atoms with van der Waals surface area (Å²) in [5, 5.41) is 2.90. The van der Waals surface area contributed by atoms with Gasteiger partial charge in [0.15, 0.2) is 0 Å². The monoisotopic (exact) mass is 452 g/mol. The molecule has 162 valence electrons. The van der Waals surface area contributed by atoms with E-state index in [2.05, 4.69) is 10.1 Å². The minimum absolute atomic E-state index is 0.104. The van der Waals surface area contributed by atoms with Gasteiger partial charge in [-0.05, 0) is 61.7 Å². The van der Waals surface area contributed by atoms with E-state index < -0.39 is 16.0 Å². The van der Waals surface area contributed by atoms with Gasteiger partial charge in [-0.3, -0.25) is 9.10 Å². The van der Waals surface area contributed by atoms with Gasteiger partial charge in [-0.1, -0.05) is 17.7 Å². The maximum absolute atomic E-state index is 12.3. The Balaban J connectivity index is 2.03. The van der Waals surface area contributed by atoms with Gasteiger partial charge in [-0.2, -0.15) is 0 Å². The number of carbonyl (C=O) groups excluding carboxylic acids is 2. The lowest BCUT2D eigenvalue weighted by Crippen LogP contribution is -2.31. The van der Waals surface area contributed by atoms with Crippen LogP contribution in [-0.4, -0.2) is 40.2 Å². The van der Waals surface area contributed by atoms with Crippen molar-refractivity contribution in [3.63, 3.8) is 0 Å². The molecule has 2 aromatic rings. The van der Waals surface area contributed by atoms with Gasteiger partial charge in [0, 0.05) is 18.7 Å². The first-order valence-electron chi connectivity index (χ1n) is 9.25. The first-order valence-corrected chi connectivity index (χ1v) is 11.5. The van der Waals surface area contributed by atoms with E-state index in [0.717, 1.165) is 17.4 Å². The minimum Gasteiger partial charge on any atom is -0.465 e. The van der Waals surface area contributed by atoms with Crippen LogP contribution in [0.1, 0.15) is 34.3 Å². The fourth-order valence-corrected chi connectivity index (χ4v) is 4.00. The summed E-state index contributed by atoms with van der Waals surface area (Å²) in [6, 6.07) is 9.95. The van der Waals surface area contributed by atoms with E-state index in [1.807, 2.05) is 26.0 Å². The summed E-state index contributed by atoms with van der Waals surface area (Å²) in [6.07, 6.45) is 1.57. The molecule has 1 amide bonds. The SMILES string of the molecule is COC(=O)c1cc(NC(=O)CCCN(c2ccc(C)c(C)c2)S(C)(=O)=O)ccc1Cl. The molecule has 2 rings (SSSR count). The average molecular weight is 453 g/mol. The van der Waals surface area contributed by atoms with Crippen LogP contribution >= 0.6 is 11.6 Å². The highest BCUT2D eigenvalue weighted by molar-refractivity contribution is 7.92. The summed E-state index contributed by atoms with van der Waals surface area (Å²) in [5.41, 5.74) is 3.18. The Morgan fingerprint density at radius 2 is 1.80 bits per heavy atom. The highest BCUT2D eigenvalue weighted by Crippen LogP contribution is 2.23. The Hall–Kier alpha value is -2.58. The molecule has 0 aliphatic rings. The van der Waals surface area contributed by atoms with Crippen molar-refractivity contribution in [2.75, 3.05) is 29.5 Å². The molecule has 7 nitrogen and oxygen atoms in total. The Morgan fingerprint density at radius 1 is 1.10 bits per heavy atom. The molecule has 0 aliphatic carbocycles. The molecule has 0 saturated carbocycles. The van der Waals surface area contributed by atoms with Crippen LogP contribution in [-0.2, 0) is 19.6 Å². The van der Waals surface area contributed by atoms with E-state index in [0.29, 0.717) is 17.8 Å². The lowest BCUT2D eigenvalue weighted by atomic mass is 10.1. The molecular formula is C21H25ClN2O5S. The molecule has 0 heterocycles. The van der Waals surface area contributed by atoms with Crippen LogP contribution in [0.3, 0.4) is 0 Å². The van der Waals surface area contributed by atoms with Gasteiger partial charge < -0.3 is 10.1 Å². The number of rotatable bonds is 8. The molecule has 0 bridgehead atoms. The van der Waals surface area contributed by atoms with Crippen molar-refractivity contribution in [2.45, 2.75) is 26.7 Å². The lowest BCUT2D eigenvalue weighted by Gasteiger charge is -2.23. The van der Waals surface area contributed by atoms with Crippen molar-refractivity contribution in [1.82, 2.24) is 0 Å². The number of nitrogens with zero attached hydrogens (tertiary/aromatic N) is 1. The fourth-order valence-electron chi connectivity index (χ4n) is 2.84.